The van der Waals surface area contributed by atoms with Gasteiger partial charge in [0.2, 0.25) is 0 Å². The van der Waals surface area contributed by atoms with Gasteiger partial charge >= 0.3 is 0 Å². The molecule has 0 bridgehead atoms. The van der Waals surface area contributed by atoms with Crippen molar-refractivity contribution in [2.45, 2.75) is 25.4 Å². The van der Waals surface area contributed by atoms with E-state index < -0.39 is 0 Å². The van der Waals surface area contributed by atoms with Crippen molar-refractivity contribution in [1.29, 1.82) is 0 Å². The summed E-state index contributed by atoms with van der Waals surface area (Å²) in [6.07, 6.45) is 2.08. The van der Waals surface area contributed by atoms with Crippen molar-refractivity contribution in [1.82, 2.24) is 15.0 Å². The highest BCUT2D eigenvalue weighted by Gasteiger charge is 2.25. The van der Waals surface area contributed by atoms with Crippen LogP contribution in [0.4, 0.5) is 4.39 Å². The van der Waals surface area contributed by atoms with E-state index in [1.807, 2.05) is 0 Å². The summed E-state index contributed by atoms with van der Waals surface area (Å²) in [6.45, 7) is 1.66. The summed E-state index contributed by atoms with van der Waals surface area (Å²) >= 11 is 0. The van der Waals surface area contributed by atoms with Gasteiger partial charge in [-0.25, -0.2) is 4.39 Å². The summed E-state index contributed by atoms with van der Waals surface area (Å²) < 4.78 is 18.1. The zero-order valence-electron chi connectivity index (χ0n) is 11.0. The second-order valence-corrected chi connectivity index (χ2v) is 4.97. The Morgan fingerprint density at radius 1 is 1.35 bits per heavy atom. The maximum absolute atomic E-state index is 12.9. The molecule has 2 aromatic rings. The largest absolute Gasteiger partial charge is 0.395 e. The Balaban J connectivity index is 1.72. The van der Waals surface area contributed by atoms with Crippen LogP contribution >= 0.6 is 0 Å². The molecule has 1 aromatic heterocycles. The SMILES string of the molecule is OC[C@@H]1CCCN1Cc1noc(-c2ccc(F)cc2)n1. The van der Waals surface area contributed by atoms with Crippen LogP contribution in [0.3, 0.4) is 0 Å². The molecule has 1 saturated heterocycles. The third kappa shape index (κ3) is 2.71. The highest BCUT2D eigenvalue weighted by atomic mass is 19.1. The van der Waals surface area contributed by atoms with E-state index in [1.165, 1.54) is 12.1 Å². The van der Waals surface area contributed by atoms with E-state index in [1.54, 1.807) is 12.1 Å². The lowest BCUT2D eigenvalue weighted by molar-refractivity contribution is 0.150. The molecule has 6 heteroatoms. The van der Waals surface area contributed by atoms with Crippen LogP contribution in [0, 0.1) is 5.82 Å². The number of benzene rings is 1. The Labute approximate surface area is 116 Å². The molecule has 1 N–H and O–H groups in total. The van der Waals surface area contributed by atoms with Crippen LogP contribution in [0.15, 0.2) is 28.8 Å². The first-order valence-electron chi connectivity index (χ1n) is 6.69. The number of halogens is 1. The quantitative estimate of drug-likeness (QED) is 0.923. The first-order valence-corrected chi connectivity index (χ1v) is 6.69. The Bertz CT molecular complexity index is 570. The van der Waals surface area contributed by atoms with Gasteiger partial charge in [0.05, 0.1) is 13.2 Å². The Hall–Kier alpha value is -1.79. The van der Waals surface area contributed by atoms with Crippen LogP contribution in [-0.2, 0) is 6.54 Å². The molecule has 0 aliphatic carbocycles. The topological polar surface area (TPSA) is 62.4 Å². The number of hydrogen-bond acceptors (Lipinski definition) is 5. The van der Waals surface area contributed by atoms with Gasteiger partial charge in [0, 0.05) is 11.6 Å². The van der Waals surface area contributed by atoms with E-state index in [0.717, 1.165) is 19.4 Å². The maximum Gasteiger partial charge on any atom is 0.257 e. The molecule has 1 aromatic carbocycles. The molecular formula is C14H16FN3O2. The van der Waals surface area contributed by atoms with E-state index in [0.29, 0.717) is 23.8 Å². The number of aliphatic hydroxyl groups excluding tert-OH is 1. The van der Waals surface area contributed by atoms with Crippen molar-refractivity contribution >= 4 is 0 Å². The van der Waals surface area contributed by atoms with E-state index in [2.05, 4.69) is 15.0 Å². The predicted molar refractivity (Wildman–Crippen MR) is 70.2 cm³/mol. The minimum absolute atomic E-state index is 0.155. The average Bonchev–Trinajstić information content (AvgIpc) is 3.09. The minimum atomic E-state index is -0.295. The lowest BCUT2D eigenvalue weighted by atomic mass is 10.2. The molecular weight excluding hydrogens is 261 g/mol. The summed E-state index contributed by atoms with van der Waals surface area (Å²) in [5.41, 5.74) is 0.699. The molecule has 0 saturated carbocycles. The standard InChI is InChI=1S/C14H16FN3O2/c15-11-5-3-10(4-6-11)14-16-13(17-20-14)8-18-7-1-2-12(18)9-19/h3-6,12,19H,1-2,7-9H2/t12-/m0/s1. The Morgan fingerprint density at radius 2 is 2.15 bits per heavy atom. The van der Waals surface area contributed by atoms with Gasteiger partial charge in [0.15, 0.2) is 5.82 Å². The minimum Gasteiger partial charge on any atom is -0.395 e. The average molecular weight is 277 g/mol. The van der Waals surface area contributed by atoms with Crippen LogP contribution in [-0.4, -0.2) is 39.3 Å². The van der Waals surface area contributed by atoms with E-state index >= 15 is 0 Å². The van der Waals surface area contributed by atoms with Gasteiger partial charge in [0.25, 0.3) is 5.89 Å². The first kappa shape index (κ1) is 13.2. The van der Waals surface area contributed by atoms with E-state index in [-0.39, 0.29) is 18.5 Å². The molecule has 5 nitrogen and oxygen atoms in total. The van der Waals surface area contributed by atoms with Gasteiger partial charge in [-0.3, -0.25) is 4.90 Å². The summed E-state index contributed by atoms with van der Waals surface area (Å²) in [5.74, 6) is 0.681. The number of aliphatic hydroxyl groups is 1. The van der Waals surface area contributed by atoms with Crippen LogP contribution in [0.1, 0.15) is 18.7 Å². The van der Waals surface area contributed by atoms with Gasteiger partial charge < -0.3 is 9.63 Å². The third-order valence-electron chi connectivity index (χ3n) is 3.61. The van der Waals surface area contributed by atoms with Gasteiger partial charge in [-0.15, -0.1) is 0 Å². The first-order chi connectivity index (χ1) is 9.76. The Morgan fingerprint density at radius 3 is 2.90 bits per heavy atom. The zero-order chi connectivity index (χ0) is 13.9. The normalized spacial score (nSPS) is 19.6. The maximum atomic E-state index is 12.9. The third-order valence-corrected chi connectivity index (χ3v) is 3.61. The highest BCUT2D eigenvalue weighted by molar-refractivity contribution is 5.52. The van der Waals surface area contributed by atoms with Crippen LogP contribution in [0.5, 0.6) is 0 Å². The van der Waals surface area contributed by atoms with Gasteiger partial charge in [0.1, 0.15) is 5.82 Å². The van der Waals surface area contributed by atoms with E-state index in [4.69, 9.17) is 4.52 Å². The molecule has 0 amide bonds. The fraction of sp³-hybridized carbons (Fsp3) is 0.429. The summed E-state index contributed by atoms with van der Waals surface area (Å²) in [4.78, 5) is 6.47. The fourth-order valence-electron chi connectivity index (χ4n) is 2.52. The number of rotatable bonds is 4. The fourth-order valence-corrected chi connectivity index (χ4v) is 2.52. The van der Waals surface area contributed by atoms with Crippen molar-refractivity contribution in [2.75, 3.05) is 13.2 Å². The molecule has 1 aliphatic heterocycles. The highest BCUT2D eigenvalue weighted by Crippen LogP contribution is 2.21. The van der Waals surface area contributed by atoms with E-state index in [9.17, 15) is 9.50 Å². The van der Waals surface area contributed by atoms with Crippen molar-refractivity contribution in [3.63, 3.8) is 0 Å². The van der Waals surface area contributed by atoms with Crippen molar-refractivity contribution in [3.05, 3.63) is 35.9 Å². The molecule has 20 heavy (non-hydrogen) atoms. The molecule has 1 fully saturated rings. The summed E-state index contributed by atoms with van der Waals surface area (Å²) in [7, 11) is 0. The second kappa shape index (κ2) is 5.68. The molecule has 106 valence electrons. The molecule has 2 heterocycles. The van der Waals surface area contributed by atoms with Gasteiger partial charge in [-0.1, -0.05) is 5.16 Å². The molecule has 3 rings (SSSR count). The number of likely N-dealkylation sites (tertiary alicyclic amines) is 1. The molecule has 1 atom stereocenters. The lowest BCUT2D eigenvalue weighted by Crippen LogP contribution is -2.31. The molecule has 0 spiro atoms. The molecule has 0 radical (unpaired) electrons. The smallest absolute Gasteiger partial charge is 0.257 e. The Kier molecular flexibility index (Phi) is 3.75. The van der Waals surface area contributed by atoms with Crippen LogP contribution < -0.4 is 0 Å². The number of nitrogens with zero attached hydrogens (tertiary/aromatic N) is 3. The monoisotopic (exact) mass is 277 g/mol. The van der Waals surface area contributed by atoms with Gasteiger partial charge in [-0.2, -0.15) is 4.98 Å². The van der Waals surface area contributed by atoms with Crippen molar-refractivity contribution in [2.24, 2.45) is 0 Å². The second-order valence-electron chi connectivity index (χ2n) is 4.97. The lowest BCUT2D eigenvalue weighted by Gasteiger charge is -2.20. The summed E-state index contributed by atoms with van der Waals surface area (Å²) in [6, 6.07) is 6.13. The van der Waals surface area contributed by atoms with Crippen molar-refractivity contribution in [3.8, 4) is 11.5 Å². The number of aromatic nitrogens is 2. The zero-order valence-corrected chi connectivity index (χ0v) is 11.0. The van der Waals surface area contributed by atoms with Crippen molar-refractivity contribution < 1.29 is 14.0 Å². The van der Waals surface area contributed by atoms with Gasteiger partial charge in [-0.05, 0) is 43.7 Å². The summed E-state index contributed by atoms with van der Waals surface area (Å²) in [5, 5.41) is 13.2. The molecule has 0 unspecified atom stereocenters. The number of hydrogen-bond donors (Lipinski definition) is 1. The molecule has 1 aliphatic rings. The van der Waals surface area contributed by atoms with Crippen LogP contribution in [0.2, 0.25) is 0 Å². The predicted octanol–water partition coefficient (Wildman–Crippen LogP) is 1.83. The van der Waals surface area contributed by atoms with Crippen LogP contribution in [0.25, 0.3) is 11.5 Å².